The lowest BCUT2D eigenvalue weighted by molar-refractivity contribution is 0.0697. The molecule has 0 atom stereocenters. The highest BCUT2D eigenvalue weighted by molar-refractivity contribution is 6.30. The molecule has 0 saturated heterocycles. The molecule has 2 rings (SSSR count). The highest BCUT2D eigenvalue weighted by Gasteiger charge is 2.00. The Morgan fingerprint density at radius 2 is 1.89 bits per heavy atom. The molecule has 0 unspecified atom stereocenters. The van der Waals surface area contributed by atoms with Crippen molar-refractivity contribution in [3.63, 3.8) is 0 Å². The lowest BCUT2D eigenvalue weighted by Crippen LogP contribution is -1.94. The molecule has 0 aliphatic carbocycles. The average Bonchev–Trinajstić information content (AvgIpc) is 2.39. The molecular weight excluding hydrogens is 266 g/mol. The fourth-order valence-corrected chi connectivity index (χ4v) is 1.56. The number of benzene rings is 2. The fourth-order valence-electron chi connectivity index (χ4n) is 1.37. The molecule has 2 aromatic rings. The smallest absolute Gasteiger partial charge is 0.335 e. The second kappa shape index (κ2) is 5.97. The van der Waals surface area contributed by atoms with E-state index in [1.807, 2.05) is 0 Å². The van der Waals surface area contributed by atoms with Crippen molar-refractivity contribution in [2.45, 2.75) is 0 Å². The number of rotatable bonds is 4. The molecule has 0 amide bonds. The van der Waals surface area contributed by atoms with Crippen LogP contribution >= 0.6 is 11.6 Å². The van der Waals surface area contributed by atoms with Crippen LogP contribution in [0.3, 0.4) is 0 Å². The maximum atomic E-state index is 10.7. The van der Waals surface area contributed by atoms with Crippen LogP contribution in [0.15, 0.2) is 58.9 Å². The van der Waals surface area contributed by atoms with Gasteiger partial charge in [0.15, 0.2) is 0 Å². The van der Waals surface area contributed by atoms with Gasteiger partial charge in [0.2, 0.25) is 0 Å². The molecule has 0 aliphatic rings. The highest BCUT2D eigenvalue weighted by atomic mass is 35.5. The zero-order valence-electron chi connectivity index (χ0n) is 9.75. The molecule has 0 aliphatic heterocycles. The van der Waals surface area contributed by atoms with Crippen molar-refractivity contribution in [2.24, 2.45) is 10.3 Å². The van der Waals surface area contributed by atoms with E-state index in [1.165, 1.54) is 12.1 Å². The monoisotopic (exact) mass is 275 g/mol. The second-order valence-corrected chi connectivity index (χ2v) is 4.11. The van der Waals surface area contributed by atoms with E-state index in [1.54, 1.807) is 36.4 Å². The predicted octanol–water partition coefficient (Wildman–Crippen LogP) is 4.15. The van der Waals surface area contributed by atoms with Gasteiger partial charge in [-0.25, -0.2) is 4.79 Å². The van der Waals surface area contributed by atoms with Crippen LogP contribution in [0.4, 0.5) is 11.4 Å². The molecule has 0 fully saturated rings. The normalized spacial score (nSPS) is 10.6. The first-order chi connectivity index (χ1) is 9.15. The first-order valence-corrected chi connectivity index (χ1v) is 5.78. The van der Waals surface area contributed by atoms with E-state index < -0.39 is 5.97 Å². The van der Waals surface area contributed by atoms with Gasteiger partial charge in [0.1, 0.15) is 0 Å². The molecule has 6 heteroatoms. The van der Waals surface area contributed by atoms with Crippen LogP contribution in [-0.4, -0.2) is 11.1 Å². The van der Waals surface area contributed by atoms with Gasteiger partial charge in [-0.05, 0) is 42.5 Å². The van der Waals surface area contributed by atoms with Crippen molar-refractivity contribution < 1.29 is 9.90 Å². The first-order valence-electron chi connectivity index (χ1n) is 5.41. The van der Waals surface area contributed by atoms with E-state index in [9.17, 15) is 4.79 Å². The van der Waals surface area contributed by atoms with Crippen molar-refractivity contribution in [1.29, 1.82) is 0 Å². The number of carboxylic acid groups (broad SMARTS) is 1. The Hall–Kier alpha value is -2.40. The number of hydrogen-bond donors (Lipinski definition) is 2. The van der Waals surface area contributed by atoms with E-state index in [0.717, 1.165) is 5.69 Å². The van der Waals surface area contributed by atoms with Crippen LogP contribution in [-0.2, 0) is 0 Å². The summed E-state index contributed by atoms with van der Waals surface area (Å²) >= 11 is 5.82. The highest BCUT2D eigenvalue weighted by Crippen LogP contribution is 2.17. The van der Waals surface area contributed by atoms with Crippen molar-refractivity contribution in [2.75, 3.05) is 5.43 Å². The van der Waals surface area contributed by atoms with Crippen LogP contribution in [0.1, 0.15) is 10.4 Å². The van der Waals surface area contributed by atoms with Crippen molar-refractivity contribution in [3.05, 3.63) is 59.1 Å². The number of nitrogens with one attached hydrogen (secondary N) is 1. The van der Waals surface area contributed by atoms with Crippen LogP contribution in [0, 0.1) is 0 Å². The standard InChI is InChI=1S/C13H10ClN3O2/c14-10-2-1-3-12(8-10)16-17-15-11-6-4-9(5-7-11)13(18)19/h1-8H,(H,15,16)(H,18,19). The van der Waals surface area contributed by atoms with Crippen LogP contribution in [0.2, 0.25) is 5.02 Å². The summed E-state index contributed by atoms with van der Waals surface area (Å²) in [7, 11) is 0. The van der Waals surface area contributed by atoms with Gasteiger partial charge in [0.25, 0.3) is 0 Å². The minimum Gasteiger partial charge on any atom is -0.478 e. The summed E-state index contributed by atoms with van der Waals surface area (Å²) < 4.78 is 0. The molecule has 2 N–H and O–H groups in total. The molecule has 19 heavy (non-hydrogen) atoms. The Labute approximate surface area is 114 Å². The molecule has 96 valence electrons. The zero-order valence-corrected chi connectivity index (χ0v) is 10.5. The Bertz CT molecular complexity index is 612. The lowest BCUT2D eigenvalue weighted by Gasteiger charge is -1.99. The molecule has 0 heterocycles. The molecule has 0 bridgehead atoms. The zero-order chi connectivity index (χ0) is 13.7. The van der Waals surface area contributed by atoms with E-state index >= 15 is 0 Å². The van der Waals surface area contributed by atoms with E-state index in [4.69, 9.17) is 16.7 Å². The molecule has 5 nitrogen and oxygen atoms in total. The Morgan fingerprint density at radius 1 is 1.16 bits per heavy atom. The van der Waals surface area contributed by atoms with Crippen molar-refractivity contribution >= 4 is 28.9 Å². The molecule has 0 aromatic heterocycles. The quantitative estimate of drug-likeness (QED) is 0.650. The number of anilines is 1. The Balaban J connectivity index is 2.01. The summed E-state index contributed by atoms with van der Waals surface area (Å²) in [6.07, 6.45) is 0. The van der Waals surface area contributed by atoms with Gasteiger partial charge in [-0.1, -0.05) is 22.9 Å². The van der Waals surface area contributed by atoms with Gasteiger partial charge >= 0.3 is 5.97 Å². The minimum absolute atomic E-state index is 0.210. The van der Waals surface area contributed by atoms with Gasteiger partial charge in [-0.3, -0.25) is 5.43 Å². The maximum absolute atomic E-state index is 10.7. The molecule has 2 aromatic carbocycles. The number of carbonyl (C=O) groups is 1. The second-order valence-electron chi connectivity index (χ2n) is 3.67. The largest absolute Gasteiger partial charge is 0.478 e. The van der Waals surface area contributed by atoms with Crippen molar-refractivity contribution in [1.82, 2.24) is 0 Å². The molecule has 0 saturated carbocycles. The first kappa shape index (κ1) is 13.0. The summed E-state index contributed by atoms with van der Waals surface area (Å²) in [6, 6.07) is 13.2. The van der Waals surface area contributed by atoms with Crippen LogP contribution < -0.4 is 5.43 Å². The number of halogens is 1. The van der Waals surface area contributed by atoms with Gasteiger partial charge < -0.3 is 5.11 Å². The predicted molar refractivity (Wildman–Crippen MR) is 73.0 cm³/mol. The van der Waals surface area contributed by atoms with E-state index in [2.05, 4.69) is 15.8 Å². The minimum atomic E-state index is -0.972. The summed E-state index contributed by atoms with van der Waals surface area (Å²) in [6.45, 7) is 0. The number of nitrogens with zero attached hydrogens (tertiary/aromatic N) is 2. The summed E-state index contributed by atoms with van der Waals surface area (Å²) in [5.74, 6) is -0.972. The summed E-state index contributed by atoms with van der Waals surface area (Å²) in [5.41, 5.74) is 4.21. The van der Waals surface area contributed by atoms with Crippen molar-refractivity contribution in [3.8, 4) is 0 Å². The third-order valence-electron chi connectivity index (χ3n) is 2.28. The molecule has 0 spiro atoms. The Morgan fingerprint density at radius 3 is 2.53 bits per heavy atom. The Kier molecular flexibility index (Phi) is 4.10. The van der Waals surface area contributed by atoms with Gasteiger partial charge in [0.05, 0.1) is 16.9 Å². The molecular formula is C13H10ClN3O2. The van der Waals surface area contributed by atoms with Gasteiger partial charge in [-0.15, -0.1) is 5.11 Å². The van der Waals surface area contributed by atoms with Crippen LogP contribution in [0.5, 0.6) is 0 Å². The third kappa shape index (κ3) is 3.79. The van der Waals surface area contributed by atoms with Crippen LogP contribution in [0.25, 0.3) is 0 Å². The average molecular weight is 276 g/mol. The summed E-state index contributed by atoms with van der Waals surface area (Å²) in [4.78, 5) is 10.7. The maximum Gasteiger partial charge on any atom is 0.335 e. The lowest BCUT2D eigenvalue weighted by atomic mass is 10.2. The third-order valence-corrected chi connectivity index (χ3v) is 2.52. The van der Waals surface area contributed by atoms with E-state index in [-0.39, 0.29) is 5.56 Å². The number of aromatic carboxylic acids is 1. The topological polar surface area (TPSA) is 74.0 Å². The van der Waals surface area contributed by atoms with Gasteiger partial charge in [-0.2, -0.15) is 0 Å². The summed E-state index contributed by atoms with van der Waals surface area (Å²) in [5, 5.41) is 17.1. The molecule has 0 radical (unpaired) electrons. The van der Waals surface area contributed by atoms with Gasteiger partial charge in [0, 0.05) is 5.02 Å². The fraction of sp³-hybridized carbons (Fsp3) is 0. The SMILES string of the molecule is O=C(O)c1ccc(N=NNc2cccc(Cl)c2)cc1. The van der Waals surface area contributed by atoms with E-state index in [0.29, 0.717) is 10.7 Å². The number of hydrogen-bond acceptors (Lipinski definition) is 3. The number of carboxylic acids is 1.